The van der Waals surface area contributed by atoms with Gasteiger partial charge < -0.3 is 9.26 Å². The lowest BCUT2D eigenvalue weighted by atomic mass is 10.2. The molecule has 27 heavy (non-hydrogen) atoms. The van der Waals surface area contributed by atoms with Gasteiger partial charge in [0.25, 0.3) is 5.89 Å². The van der Waals surface area contributed by atoms with Crippen LogP contribution in [0.5, 0.6) is 0 Å². The van der Waals surface area contributed by atoms with Crippen molar-refractivity contribution in [1.82, 2.24) is 14.9 Å². The first-order valence-corrected chi connectivity index (χ1v) is 9.16. The average molecular weight is 391 g/mol. The quantitative estimate of drug-likeness (QED) is 0.641. The molecule has 0 saturated carbocycles. The molecule has 0 aliphatic carbocycles. The molecule has 0 unspecified atom stereocenters. The van der Waals surface area contributed by atoms with Crippen molar-refractivity contribution in [3.05, 3.63) is 65.8 Å². The Morgan fingerprint density at radius 3 is 2.67 bits per heavy atom. The maximum atomic E-state index is 12.9. The Hall–Kier alpha value is -3.11. The standard InChI is InChI=1S/C17H14FN3O5S/c1-19-27(23,24)14-4-2-3-12(9-14)17(22)25-10-15-20-16(21-26-15)11-5-7-13(18)8-6-11/h2-9,19H,10H2,1H3. The van der Waals surface area contributed by atoms with E-state index in [-0.39, 0.29) is 34.6 Å². The van der Waals surface area contributed by atoms with Gasteiger partial charge in [-0.25, -0.2) is 22.3 Å². The zero-order chi connectivity index (χ0) is 19.4. The molecule has 10 heteroatoms. The number of esters is 1. The van der Waals surface area contributed by atoms with Crippen LogP contribution in [0.25, 0.3) is 11.4 Å². The van der Waals surface area contributed by atoms with Crippen LogP contribution in [0.1, 0.15) is 16.2 Å². The van der Waals surface area contributed by atoms with E-state index in [1.165, 1.54) is 55.6 Å². The molecule has 140 valence electrons. The number of rotatable bonds is 6. The van der Waals surface area contributed by atoms with E-state index in [1.54, 1.807) is 0 Å². The van der Waals surface area contributed by atoms with Gasteiger partial charge in [-0.3, -0.25) is 0 Å². The van der Waals surface area contributed by atoms with E-state index in [2.05, 4.69) is 14.9 Å². The molecule has 0 amide bonds. The number of benzene rings is 2. The highest BCUT2D eigenvalue weighted by molar-refractivity contribution is 7.89. The van der Waals surface area contributed by atoms with Crippen LogP contribution in [-0.4, -0.2) is 31.6 Å². The molecule has 1 heterocycles. The molecule has 0 saturated heterocycles. The third-order valence-electron chi connectivity index (χ3n) is 3.55. The number of aromatic nitrogens is 2. The molecule has 0 spiro atoms. The Labute approximate surface area is 154 Å². The summed E-state index contributed by atoms with van der Waals surface area (Å²) in [6, 6.07) is 10.9. The van der Waals surface area contributed by atoms with Crippen LogP contribution >= 0.6 is 0 Å². The van der Waals surface area contributed by atoms with E-state index in [1.807, 2.05) is 0 Å². The smallest absolute Gasteiger partial charge is 0.338 e. The lowest BCUT2D eigenvalue weighted by Crippen LogP contribution is -2.19. The van der Waals surface area contributed by atoms with E-state index in [9.17, 15) is 17.6 Å². The number of carbonyl (C=O) groups excluding carboxylic acids is 1. The zero-order valence-corrected chi connectivity index (χ0v) is 14.9. The van der Waals surface area contributed by atoms with Gasteiger partial charge in [0.15, 0.2) is 6.61 Å². The lowest BCUT2D eigenvalue weighted by Gasteiger charge is -2.05. The first-order valence-electron chi connectivity index (χ1n) is 7.68. The predicted molar refractivity (Wildman–Crippen MR) is 91.5 cm³/mol. The summed E-state index contributed by atoms with van der Waals surface area (Å²) in [5.74, 6) is -0.867. The summed E-state index contributed by atoms with van der Waals surface area (Å²) in [6.45, 7) is -0.296. The molecule has 2 aromatic carbocycles. The Morgan fingerprint density at radius 2 is 1.96 bits per heavy atom. The Kier molecular flexibility index (Phi) is 5.28. The van der Waals surface area contributed by atoms with Gasteiger partial charge >= 0.3 is 5.97 Å². The highest BCUT2D eigenvalue weighted by Crippen LogP contribution is 2.17. The molecule has 1 aromatic heterocycles. The molecule has 0 radical (unpaired) electrons. The van der Waals surface area contributed by atoms with Gasteiger partial charge in [-0.05, 0) is 49.5 Å². The molecule has 3 aromatic rings. The molecule has 0 aliphatic heterocycles. The maximum Gasteiger partial charge on any atom is 0.338 e. The largest absolute Gasteiger partial charge is 0.452 e. The van der Waals surface area contributed by atoms with E-state index in [0.717, 1.165) is 0 Å². The summed E-state index contributed by atoms with van der Waals surface area (Å²) in [6.07, 6.45) is 0. The van der Waals surface area contributed by atoms with Crippen molar-refractivity contribution in [3.8, 4) is 11.4 Å². The number of carbonyl (C=O) groups is 1. The third kappa shape index (κ3) is 4.36. The van der Waals surface area contributed by atoms with Crippen LogP contribution in [0.2, 0.25) is 0 Å². The number of hydrogen-bond acceptors (Lipinski definition) is 7. The second-order valence-electron chi connectivity index (χ2n) is 5.33. The first-order chi connectivity index (χ1) is 12.9. The number of hydrogen-bond donors (Lipinski definition) is 1. The SMILES string of the molecule is CNS(=O)(=O)c1cccc(C(=O)OCc2nc(-c3ccc(F)cc3)no2)c1. The number of nitrogens with one attached hydrogen (secondary N) is 1. The minimum absolute atomic E-state index is 0.0432. The van der Waals surface area contributed by atoms with Crippen molar-refractivity contribution in [2.75, 3.05) is 7.05 Å². The number of halogens is 1. The predicted octanol–water partition coefficient (Wildman–Crippen LogP) is 2.14. The second-order valence-corrected chi connectivity index (χ2v) is 7.22. The minimum Gasteiger partial charge on any atom is -0.452 e. The number of nitrogens with zero attached hydrogens (tertiary/aromatic N) is 2. The summed E-state index contributed by atoms with van der Waals surface area (Å²) in [7, 11) is -2.40. The van der Waals surface area contributed by atoms with Gasteiger partial charge in [-0.2, -0.15) is 4.98 Å². The van der Waals surface area contributed by atoms with Gasteiger partial charge in [0.2, 0.25) is 15.8 Å². The summed E-state index contributed by atoms with van der Waals surface area (Å²) in [5.41, 5.74) is 0.604. The molecule has 0 atom stereocenters. The van der Waals surface area contributed by atoms with Crippen molar-refractivity contribution < 1.29 is 26.9 Å². The molecular weight excluding hydrogens is 377 g/mol. The molecule has 8 nitrogen and oxygen atoms in total. The molecule has 3 rings (SSSR count). The molecule has 0 bridgehead atoms. The Balaban J connectivity index is 1.68. The molecular formula is C17H14FN3O5S. The van der Waals surface area contributed by atoms with E-state index in [0.29, 0.717) is 5.56 Å². The van der Waals surface area contributed by atoms with Crippen LogP contribution in [0.15, 0.2) is 57.9 Å². The fourth-order valence-electron chi connectivity index (χ4n) is 2.15. The van der Waals surface area contributed by atoms with Gasteiger partial charge in [-0.15, -0.1) is 0 Å². The van der Waals surface area contributed by atoms with Crippen molar-refractivity contribution in [2.45, 2.75) is 11.5 Å². The van der Waals surface area contributed by atoms with E-state index in [4.69, 9.17) is 9.26 Å². The molecule has 1 N–H and O–H groups in total. The number of sulfonamides is 1. The van der Waals surface area contributed by atoms with Crippen molar-refractivity contribution in [2.24, 2.45) is 0 Å². The summed E-state index contributed by atoms with van der Waals surface area (Å²) >= 11 is 0. The van der Waals surface area contributed by atoms with Crippen LogP contribution < -0.4 is 4.72 Å². The zero-order valence-electron chi connectivity index (χ0n) is 14.0. The highest BCUT2D eigenvalue weighted by Gasteiger charge is 2.16. The monoisotopic (exact) mass is 391 g/mol. The Bertz CT molecular complexity index is 1060. The normalized spacial score (nSPS) is 11.3. The van der Waals surface area contributed by atoms with Gasteiger partial charge in [0.1, 0.15) is 5.82 Å². The van der Waals surface area contributed by atoms with Gasteiger partial charge in [0, 0.05) is 5.56 Å². The fraction of sp³-hybridized carbons (Fsp3) is 0.118. The topological polar surface area (TPSA) is 111 Å². The minimum atomic E-state index is -3.68. The summed E-state index contributed by atoms with van der Waals surface area (Å²) in [4.78, 5) is 16.1. The van der Waals surface area contributed by atoms with Crippen LogP contribution in [0.3, 0.4) is 0 Å². The lowest BCUT2D eigenvalue weighted by molar-refractivity contribution is 0.0429. The Morgan fingerprint density at radius 1 is 1.22 bits per heavy atom. The fourth-order valence-corrected chi connectivity index (χ4v) is 2.92. The third-order valence-corrected chi connectivity index (χ3v) is 4.96. The maximum absolute atomic E-state index is 12.9. The first kappa shape index (κ1) is 18.7. The summed E-state index contributed by atoms with van der Waals surface area (Å²) in [5, 5.41) is 3.74. The molecule has 0 aliphatic rings. The highest BCUT2D eigenvalue weighted by atomic mass is 32.2. The molecule has 0 fully saturated rings. The van der Waals surface area contributed by atoms with Gasteiger partial charge in [-0.1, -0.05) is 11.2 Å². The second kappa shape index (κ2) is 7.64. The van der Waals surface area contributed by atoms with E-state index >= 15 is 0 Å². The average Bonchev–Trinajstić information content (AvgIpc) is 3.16. The van der Waals surface area contributed by atoms with Crippen LogP contribution in [0.4, 0.5) is 4.39 Å². The van der Waals surface area contributed by atoms with Crippen molar-refractivity contribution in [1.29, 1.82) is 0 Å². The van der Waals surface area contributed by atoms with Gasteiger partial charge in [0.05, 0.1) is 10.5 Å². The summed E-state index contributed by atoms with van der Waals surface area (Å²) < 4.78 is 48.8. The van der Waals surface area contributed by atoms with Crippen molar-refractivity contribution in [3.63, 3.8) is 0 Å². The van der Waals surface area contributed by atoms with Crippen LogP contribution in [-0.2, 0) is 21.4 Å². The van der Waals surface area contributed by atoms with E-state index < -0.39 is 16.0 Å². The number of ether oxygens (including phenoxy) is 1. The van der Waals surface area contributed by atoms with Crippen LogP contribution in [0, 0.1) is 5.82 Å². The van der Waals surface area contributed by atoms with Crippen molar-refractivity contribution >= 4 is 16.0 Å².